The average molecular weight is 364 g/mol. The number of para-hydroxylation sites is 1. The molecule has 0 aliphatic heterocycles. The highest BCUT2D eigenvalue weighted by Gasteiger charge is 2.14. The number of carbonyl (C=O) groups excluding carboxylic acids is 2. The average Bonchev–Trinajstić information content (AvgIpc) is 2.62. The van der Waals surface area contributed by atoms with E-state index in [0.29, 0.717) is 11.0 Å². The van der Waals surface area contributed by atoms with Crippen molar-refractivity contribution in [2.75, 3.05) is 11.9 Å². The smallest absolute Gasteiger partial charge is 0.287 e. The molecular weight excluding hydrogens is 344 g/mol. The van der Waals surface area contributed by atoms with Gasteiger partial charge in [-0.1, -0.05) is 29.8 Å². The SMILES string of the molecule is Cc1cc(C)c(NC(=O)CNC(=O)c2cc(=O)c3ccccc3o2)c(C)c1. The Balaban J connectivity index is 1.69. The number of hydrogen-bond acceptors (Lipinski definition) is 4. The molecule has 0 unspecified atom stereocenters. The third-order valence-corrected chi connectivity index (χ3v) is 4.21. The van der Waals surface area contributed by atoms with Crippen LogP contribution in [-0.4, -0.2) is 18.4 Å². The number of carbonyl (C=O) groups is 2. The molecular formula is C21H20N2O4. The Labute approximate surface area is 156 Å². The molecule has 0 aliphatic carbocycles. The summed E-state index contributed by atoms with van der Waals surface area (Å²) in [6.07, 6.45) is 0. The van der Waals surface area contributed by atoms with E-state index in [9.17, 15) is 14.4 Å². The number of amides is 2. The minimum absolute atomic E-state index is 0.130. The first kappa shape index (κ1) is 18.4. The van der Waals surface area contributed by atoms with E-state index < -0.39 is 5.91 Å². The van der Waals surface area contributed by atoms with E-state index in [0.717, 1.165) is 28.4 Å². The van der Waals surface area contributed by atoms with Crippen molar-refractivity contribution in [2.24, 2.45) is 0 Å². The zero-order valence-corrected chi connectivity index (χ0v) is 15.4. The summed E-state index contributed by atoms with van der Waals surface area (Å²) in [6.45, 7) is 5.58. The molecule has 0 atom stereocenters. The van der Waals surface area contributed by atoms with Gasteiger partial charge in [-0.2, -0.15) is 0 Å². The van der Waals surface area contributed by atoms with Crippen LogP contribution >= 0.6 is 0 Å². The highest BCUT2D eigenvalue weighted by atomic mass is 16.3. The molecule has 138 valence electrons. The third kappa shape index (κ3) is 4.06. The molecule has 2 N–H and O–H groups in total. The van der Waals surface area contributed by atoms with Crippen molar-refractivity contribution in [3.63, 3.8) is 0 Å². The first-order chi connectivity index (χ1) is 12.8. The summed E-state index contributed by atoms with van der Waals surface area (Å²) >= 11 is 0. The first-order valence-corrected chi connectivity index (χ1v) is 8.54. The van der Waals surface area contributed by atoms with Crippen LogP contribution in [0.15, 0.2) is 51.7 Å². The molecule has 0 saturated heterocycles. The lowest BCUT2D eigenvalue weighted by molar-refractivity contribution is -0.115. The predicted molar refractivity (Wildman–Crippen MR) is 104 cm³/mol. The Morgan fingerprint density at radius 2 is 1.67 bits per heavy atom. The lowest BCUT2D eigenvalue weighted by Crippen LogP contribution is -2.33. The van der Waals surface area contributed by atoms with Gasteiger partial charge in [0.05, 0.1) is 11.9 Å². The van der Waals surface area contributed by atoms with Gasteiger partial charge in [0, 0.05) is 11.8 Å². The van der Waals surface area contributed by atoms with Gasteiger partial charge >= 0.3 is 0 Å². The number of rotatable bonds is 4. The van der Waals surface area contributed by atoms with Gasteiger partial charge < -0.3 is 15.1 Å². The van der Waals surface area contributed by atoms with E-state index in [4.69, 9.17) is 4.42 Å². The molecule has 0 bridgehead atoms. The van der Waals surface area contributed by atoms with Crippen LogP contribution in [0.3, 0.4) is 0 Å². The molecule has 0 spiro atoms. The molecule has 0 aliphatic rings. The van der Waals surface area contributed by atoms with Gasteiger partial charge in [-0.05, 0) is 44.0 Å². The molecule has 6 heteroatoms. The quantitative estimate of drug-likeness (QED) is 0.745. The number of benzene rings is 2. The fourth-order valence-corrected chi connectivity index (χ4v) is 3.02. The van der Waals surface area contributed by atoms with E-state index >= 15 is 0 Å². The van der Waals surface area contributed by atoms with E-state index in [1.807, 2.05) is 32.9 Å². The van der Waals surface area contributed by atoms with Crippen LogP contribution < -0.4 is 16.1 Å². The Morgan fingerprint density at radius 3 is 2.37 bits per heavy atom. The molecule has 0 saturated carbocycles. The monoisotopic (exact) mass is 364 g/mol. The van der Waals surface area contributed by atoms with Gasteiger partial charge in [-0.15, -0.1) is 0 Å². The third-order valence-electron chi connectivity index (χ3n) is 4.21. The molecule has 3 rings (SSSR count). The van der Waals surface area contributed by atoms with Gasteiger partial charge in [0.25, 0.3) is 5.91 Å². The summed E-state index contributed by atoms with van der Waals surface area (Å²) in [5.74, 6) is -1.11. The van der Waals surface area contributed by atoms with Gasteiger partial charge in [0.15, 0.2) is 11.2 Å². The summed E-state index contributed by atoms with van der Waals surface area (Å²) in [5, 5.41) is 5.69. The van der Waals surface area contributed by atoms with Crippen molar-refractivity contribution < 1.29 is 14.0 Å². The van der Waals surface area contributed by atoms with E-state index in [1.165, 1.54) is 0 Å². The van der Waals surface area contributed by atoms with Gasteiger partial charge in [0.2, 0.25) is 5.91 Å². The predicted octanol–water partition coefficient (Wildman–Crippen LogP) is 3.09. The molecule has 0 fully saturated rings. The lowest BCUT2D eigenvalue weighted by Gasteiger charge is -2.13. The van der Waals surface area contributed by atoms with E-state index in [2.05, 4.69) is 10.6 Å². The highest BCUT2D eigenvalue weighted by molar-refractivity contribution is 5.99. The molecule has 27 heavy (non-hydrogen) atoms. The van der Waals surface area contributed by atoms with Crippen LogP contribution in [0.5, 0.6) is 0 Å². The molecule has 0 radical (unpaired) electrons. The Kier molecular flexibility index (Phi) is 5.07. The Hall–Kier alpha value is -3.41. The van der Waals surface area contributed by atoms with Crippen molar-refractivity contribution >= 4 is 28.5 Å². The highest BCUT2D eigenvalue weighted by Crippen LogP contribution is 2.21. The van der Waals surface area contributed by atoms with Gasteiger partial charge in [-0.25, -0.2) is 0 Å². The second-order valence-electron chi connectivity index (χ2n) is 6.48. The molecule has 2 aromatic carbocycles. The lowest BCUT2D eigenvalue weighted by atomic mass is 10.1. The maximum atomic E-state index is 12.3. The molecule has 1 heterocycles. The van der Waals surface area contributed by atoms with Gasteiger partial charge in [-0.3, -0.25) is 14.4 Å². The molecule has 3 aromatic rings. The largest absolute Gasteiger partial charge is 0.451 e. The maximum Gasteiger partial charge on any atom is 0.287 e. The number of nitrogens with one attached hydrogen (secondary N) is 2. The fraction of sp³-hybridized carbons (Fsp3) is 0.190. The Bertz CT molecular complexity index is 1080. The van der Waals surface area contributed by atoms with Crippen LogP contribution in [0.1, 0.15) is 27.2 Å². The zero-order chi connectivity index (χ0) is 19.6. The summed E-state index contributed by atoms with van der Waals surface area (Å²) in [6, 6.07) is 11.8. The molecule has 1 aromatic heterocycles. The molecule has 2 amide bonds. The fourth-order valence-electron chi connectivity index (χ4n) is 3.02. The van der Waals surface area contributed by atoms with Crippen molar-refractivity contribution in [1.29, 1.82) is 0 Å². The van der Waals surface area contributed by atoms with Crippen LogP contribution in [0.25, 0.3) is 11.0 Å². The van der Waals surface area contributed by atoms with Crippen LogP contribution in [0.2, 0.25) is 0 Å². The second kappa shape index (κ2) is 7.45. The van der Waals surface area contributed by atoms with Crippen molar-refractivity contribution in [3.05, 3.63) is 75.1 Å². The summed E-state index contributed by atoms with van der Waals surface area (Å²) in [5.41, 5.74) is 3.77. The Morgan fingerprint density at radius 1 is 1.00 bits per heavy atom. The summed E-state index contributed by atoms with van der Waals surface area (Å²) in [4.78, 5) is 36.5. The standard InChI is InChI=1S/C21H20N2O4/c1-12-8-13(2)20(14(3)9-12)23-19(25)11-22-21(26)18-10-16(24)15-6-4-5-7-17(15)27-18/h4-10H,11H2,1-3H3,(H,22,26)(H,23,25). The zero-order valence-electron chi connectivity index (χ0n) is 15.4. The van der Waals surface area contributed by atoms with E-state index in [-0.39, 0.29) is 23.6 Å². The topological polar surface area (TPSA) is 88.4 Å². The number of hydrogen-bond donors (Lipinski definition) is 2. The minimum atomic E-state index is -0.620. The number of fused-ring (bicyclic) bond motifs is 1. The summed E-state index contributed by atoms with van der Waals surface area (Å²) in [7, 11) is 0. The van der Waals surface area contributed by atoms with Crippen LogP contribution in [-0.2, 0) is 4.79 Å². The minimum Gasteiger partial charge on any atom is -0.451 e. The number of aryl methyl sites for hydroxylation is 3. The van der Waals surface area contributed by atoms with Gasteiger partial charge in [0.1, 0.15) is 5.58 Å². The van der Waals surface area contributed by atoms with Crippen molar-refractivity contribution in [2.45, 2.75) is 20.8 Å². The van der Waals surface area contributed by atoms with Crippen molar-refractivity contribution in [3.8, 4) is 0 Å². The van der Waals surface area contributed by atoms with Crippen LogP contribution in [0, 0.1) is 20.8 Å². The van der Waals surface area contributed by atoms with Crippen LogP contribution in [0.4, 0.5) is 5.69 Å². The normalized spacial score (nSPS) is 10.6. The van der Waals surface area contributed by atoms with Crippen molar-refractivity contribution in [1.82, 2.24) is 5.32 Å². The summed E-state index contributed by atoms with van der Waals surface area (Å²) < 4.78 is 5.46. The number of anilines is 1. The maximum absolute atomic E-state index is 12.3. The second-order valence-corrected chi connectivity index (χ2v) is 6.48. The molecule has 6 nitrogen and oxygen atoms in total. The van der Waals surface area contributed by atoms with E-state index in [1.54, 1.807) is 24.3 Å². The first-order valence-electron chi connectivity index (χ1n) is 8.54.